The standard InChI is InChI=1S/C28H36FN5O.H2/c1-30-11-14-35-21-7-5-20(6-8-21)24-16-26(34-13-10-28(19-34)9-12-33(4)18-28)22-15-23(29)27(32(2)3)17-25(22)31-24;/h5-8,15-17,30H,9-14,18-19H2,1-4H3;1H. The van der Waals surface area contributed by atoms with Gasteiger partial charge in [-0.3, -0.25) is 0 Å². The molecule has 1 N–H and O–H groups in total. The second kappa shape index (κ2) is 9.63. The summed E-state index contributed by atoms with van der Waals surface area (Å²) in [5.74, 6) is 0.629. The average Bonchev–Trinajstić information content (AvgIpc) is 3.43. The molecule has 188 valence electrons. The minimum atomic E-state index is -0.212. The Kier molecular flexibility index (Phi) is 6.55. The Morgan fingerprint density at radius 2 is 1.89 bits per heavy atom. The van der Waals surface area contributed by atoms with Crippen molar-refractivity contribution in [2.45, 2.75) is 12.8 Å². The van der Waals surface area contributed by atoms with E-state index in [1.807, 2.05) is 39.3 Å². The molecule has 0 radical (unpaired) electrons. The minimum absolute atomic E-state index is 0. The number of likely N-dealkylation sites (tertiary alicyclic amines) is 1. The maximum absolute atomic E-state index is 15.1. The fraction of sp³-hybridized carbons (Fsp3) is 0.464. The van der Waals surface area contributed by atoms with Gasteiger partial charge in [-0.15, -0.1) is 0 Å². The predicted molar refractivity (Wildman–Crippen MR) is 144 cm³/mol. The number of fused-ring (bicyclic) bond motifs is 1. The SMILES string of the molecule is CNCCOc1ccc(-c2cc(N3CCC4(CCN(C)C4)C3)c3cc(F)c(N(C)C)cc3n2)cc1.[HH]. The predicted octanol–water partition coefficient (Wildman–Crippen LogP) is 4.48. The van der Waals surface area contributed by atoms with E-state index in [0.29, 0.717) is 17.7 Å². The molecule has 0 amide bonds. The third-order valence-corrected chi connectivity index (χ3v) is 7.52. The van der Waals surface area contributed by atoms with Crippen molar-refractivity contribution in [3.8, 4) is 17.0 Å². The Bertz CT molecular complexity index is 1200. The number of aromatic nitrogens is 1. The highest BCUT2D eigenvalue weighted by Gasteiger charge is 2.42. The molecule has 2 aliphatic rings. The number of rotatable bonds is 7. The summed E-state index contributed by atoms with van der Waals surface area (Å²) < 4.78 is 20.9. The molecular weight excluding hydrogens is 441 g/mol. The molecule has 35 heavy (non-hydrogen) atoms. The lowest BCUT2D eigenvalue weighted by Crippen LogP contribution is -2.29. The number of anilines is 2. The number of hydrogen-bond donors (Lipinski definition) is 1. The van der Waals surface area contributed by atoms with Gasteiger partial charge in [0.2, 0.25) is 0 Å². The molecule has 1 atom stereocenters. The van der Waals surface area contributed by atoms with Crippen LogP contribution in [0.15, 0.2) is 42.5 Å². The van der Waals surface area contributed by atoms with E-state index < -0.39 is 0 Å². The topological polar surface area (TPSA) is 43.9 Å². The third kappa shape index (κ3) is 4.80. The van der Waals surface area contributed by atoms with Crippen molar-refractivity contribution in [3.05, 3.63) is 48.3 Å². The normalized spacial score (nSPS) is 20.3. The monoisotopic (exact) mass is 479 g/mol. The van der Waals surface area contributed by atoms with Gasteiger partial charge in [0.1, 0.15) is 18.2 Å². The van der Waals surface area contributed by atoms with Crippen LogP contribution in [0.4, 0.5) is 15.8 Å². The first-order chi connectivity index (χ1) is 16.9. The summed E-state index contributed by atoms with van der Waals surface area (Å²) >= 11 is 0. The highest BCUT2D eigenvalue weighted by atomic mass is 19.1. The van der Waals surface area contributed by atoms with Gasteiger partial charge in [0.15, 0.2) is 0 Å². The number of likely N-dealkylation sites (N-methyl/N-ethyl adjacent to an activating group) is 1. The average molecular weight is 480 g/mol. The van der Waals surface area contributed by atoms with Crippen molar-refractivity contribution < 1.29 is 10.6 Å². The molecule has 1 unspecified atom stereocenters. The molecule has 2 fully saturated rings. The van der Waals surface area contributed by atoms with E-state index in [9.17, 15) is 0 Å². The lowest BCUT2D eigenvalue weighted by molar-refractivity contribution is 0.312. The van der Waals surface area contributed by atoms with Crippen LogP contribution in [-0.4, -0.2) is 77.4 Å². The van der Waals surface area contributed by atoms with Crippen LogP contribution < -0.4 is 19.9 Å². The van der Waals surface area contributed by atoms with Crippen LogP contribution in [0.2, 0.25) is 0 Å². The van der Waals surface area contributed by atoms with Gasteiger partial charge in [0.25, 0.3) is 0 Å². The highest BCUT2D eigenvalue weighted by molar-refractivity contribution is 5.96. The van der Waals surface area contributed by atoms with Crippen LogP contribution in [0.3, 0.4) is 0 Å². The minimum Gasteiger partial charge on any atom is -0.492 e. The molecule has 3 heterocycles. The quantitative estimate of drug-likeness (QED) is 0.504. The zero-order chi connectivity index (χ0) is 24.6. The van der Waals surface area contributed by atoms with Crippen LogP contribution in [0.25, 0.3) is 22.2 Å². The van der Waals surface area contributed by atoms with E-state index >= 15 is 4.39 Å². The van der Waals surface area contributed by atoms with Crippen molar-refractivity contribution in [3.63, 3.8) is 0 Å². The summed E-state index contributed by atoms with van der Waals surface area (Å²) in [6.45, 7) is 5.70. The summed E-state index contributed by atoms with van der Waals surface area (Å²) in [4.78, 5) is 11.7. The Labute approximate surface area is 209 Å². The zero-order valence-corrected chi connectivity index (χ0v) is 21.3. The molecule has 7 heteroatoms. The highest BCUT2D eigenvalue weighted by Crippen LogP contribution is 2.43. The first-order valence-electron chi connectivity index (χ1n) is 12.5. The second-order valence-electron chi connectivity index (χ2n) is 10.4. The Morgan fingerprint density at radius 1 is 1.11 bits per heavy atom. The molecule has 1 spiro atoms. The van der Waals surface area contributed by atoms with Crippen molar-refractivity contribution in [1.82, 2.24) is 15.2 Å². The van der Waals surface area contributed by atoms with Crippen LogP contribution in [0.5, 0.6) is 5.75 Å². The first kappa shape index (κ1) is 23.8. The van der Waals surface area contributed by atoms with Crippen molar-refractivity contribution in [2.75, 3.05) is 77.3 Å². The van der Waals surface area contributed by atoms with E-state index in [1.165, 1.54) is 12.8 Å². The Hall–Kier alpha value is -2.90. The van der Waals surface area contributed by atoms with E-state index in [1.54, 1.807) is 11.0 Å². The van der Waals surface area contributed by atoms with E-state index in [-0.39, 0.29) is 7.24 Å². The van der Waals surface area contributed by atoms with Gasteiger partial charge < -0.3 is 24.8 Å². The molecule has 0 saturated carbocycles. The van der Waals surface area contributed by atoms with Crippen LogP contribution in [-0.2, 0) is 0 Å². The lowest BCUT2D eigenvalue weighted by atomic mass is 9.86. The summed E-state index contributed by atoms with van der Waals surface area (Å²) in [6.07, 6.45) is 2.40. The number of pyridine rings is 1. The molecule has 2 aromatic carbocycles. The molecule has 2 saturated heterocycles. The Balaban J connectivity index is 0.00000304. The molecule has 6 nitrogen and oxygen atoms in total. The summed E-state index contributed by atoms with van der Waals surface area (Å²) in [5, 5.41) is 3.97. The van der Waals surface area contributed by atoms with Crippen LogP contribution >= 0.6 is 0 Å². The molecule has 3 aromatic rings. The van der Waals surface area contributed by atoms with Crippen LogP contribution in [0.1, 0.15) is 14.3 Å². The molecule has 2 aliphatic heterocycles. The van der Waals surface area contributed by atoms with Gasteiger partial charge in [-0.05, 0) is 75.9 Å². The van der Waals surface area contributed by atoms with E-state index in [4.69, 9.17) is 9.72 Å². The maximum Gasteiger partial charge on any atom is 0.147 e. The number of halogens is 1. The lowest BCUT2D eigenvalue weighted by Gasteiger charge is -2.26. The van der Waals surface area contributed by atoms with Crippen molar-refractivity contribution in [1.29, 1.82) is 0 Å². The summed E-state index contributed by atoms with van der Waals surface area (Å²) in [7, 11) is 7.85. The molecular formula is C28H38FN5O. The number of nitrogens with one attached hydrogen (secondary N) is 1. The van der Waals surface area contributed by atoms with Gasteiger partial charge in [0.05, 0.1) is 16.9 Å². The zero-order valence-electron chi connectivity index (χ0n) is 21.3. The first-order valence-corrected chi connectivity index (χ1v) is 12.5. The number of nitrogens with zero attached hydrogens (tertiary/aromatic N) is 4. The number of benzene rings is 2. The van der Waals surface area contributed by atoms with Crippen molar-refractivity contribution in [2.24, 2.45) is 5.41 Å². The van der Waals surface area contributed by atoms with Gasteiger partial charge in [-0.2, -0.15) is 0 Å². The molecule has 0 bridgehead atoms. The van der Waals surface area contributed by atoms with Gasteiger partial charge >= 0.3 is 0 Å². The number of hydrogen-bond acceptors (Lipinski definition) is 6. The van der Waals surface area contributed by atoms with Crippen LogP contribution in [0, 0.1) is 11.2 Å². The third-order valence-electron chi connectivity index (χ3n) is 7.52. The van der Waals surface area contributed by atoms with Crippen molar-refractivity contribution >= 4 is 22.3 Å². The molecule has 5 rings (SSSR count). The van der Waals surface area contributed by atoms with E-state index in [2.05, 4.69) is 40.4 Å². The molecule has 1 aromatic heterocycles. The fourth-order valence-corrected chi connectivity index (χ4v) is 5.60. The van der Waals surface area contributed by atoms with Gasteiger partial charge in [0, 0.05) is 63.8 Å². The van der Waals surface area contributed by atoms with Gasteiger partial charge in [-0.25, -0.2) is 9.37 Å². The Morgan fingerprint density at radius 3 is 2.57 bits per heavy atom. The summed E-state index contributed by atoms with van der Waals surface area (Å²) in [5.41, 5.74) is 4.71. The smallest absolute Gasteiger partial charge is 0.147 e. The largest absolute Gasteiger partial charge is 0.492 e. The molecule has 0 aliphatic carbocycles. The number of ether oxygens (including phenoxy) is 1. The fourth-order valence-electron chi connectivity index (χ4n) is 5.60. The van der Waals surface area contributed by atoms with E-state index in [0.717, 1.165) is 66.3 Å². The summed E-state index contributed by atoms with van der Waals surface area (Å²) in [6, 6.07) is 13.8. The van der Waals surface area contributed by atoms with Gasteiger partial charge in [-0.1, -0.05) is 0 Å². The maximum atomic E-state index is 15.1. The second-order valence-corrected chi connectivity index (χ2v) is 10.4.